The van der Waals surface area contributed by atoms with E-state index >= 15 is 0 Å². The number of nitrogens with one attached hydrogen (secondary N) is 1. The SMILES string of the molecule is CCCCC[C@H](CC(=O)c1ccc(-c2ccc(Cl)cc2)cc1)C(=O)N(C)[C@@H]1C(=O)C[C@@H](C)C(=O)N[C@H](C(=O)O)Cc2ccc(C)c(c2)-c2cc1ccc2OC(=O)OC(C)(C)C. The lowest BCUT2D eigenvalue weighted by atomic mass is 9.87. The van der Waals surface area contributed by atoms with Gasteiger partial charge in [-0.2, -0.15) is 0 Å². The number of aryl methyl sites for hydroxylation is 1. The van der Waals surface area contributed by atoms with E-state index in [0.29, 0.717) is 45.7 Å². The first-order valence-electron chi connectivity index (χ1n) is 20.7. The Morgan fingerprint density at radius 1 is 0.885 bits per heavy atom. The first-order chi connectivity index (χ1) is 28.8. The summed E-state index contributed by atoms with van der Waals surface area (Å²) < 4.78 is 11.2. The summed E-state index contributed by atoms with van der Waals surface area (Å²) in [7, 11) is 1.52. The number of aliphatic carboxylic acids is 1. The summed E-state index contributed by atoms with van der Waals surface area (Å²) in [5.74, 6) is -4.59. The number of carbonyl (C=O) groups is 6. The molecule has 4 aromatic carbocycles. The van der Waals surface area contributed by atoms with Crippen molar-refractivity contribution in [1.29, 1.82) is 0 Å². The zero-order valence-electron chi connectivity index (χ0n) is 35.9. The largest absolute Gasteiger partial charge is 0.514 e. The van der Waals surface area contributed by atoms with Gasteiger partial charge >= 0.3 is 12.1 Å². The van der Waals surface area contributed by atoms with E-state index < -0.39 is 59.2 Å². The number of likely N-dealkylation sites (N-methyl/N-ethyl adjacent to an activating group) is 1. The van der Waals surface area contributed by atoms with Crippen molar-refractivity contribution in [2.24, 2.45) is 11.8 Å². The summed E-state index contributed by atoms with van der Waals surface area (Å²) in [6.45, 7) is 10.5. The number of carboxylic acids is 1. The Balaban J connectivity index is 1.57. The van der Waals surface area contributed by atoms with Crippen LogP contribution in [0.15, 0.2) is 84.9 Å². The van der Waals surface area contributed by atoms with Crippen molar-refractivity contribution in [3.05, 3.63) is 112 Å². The molecule has 1 heterocycles. The van der Waals surface area contributed by atoms with Gasteiger partial charge in [0.2, 0.25) is 11.8 Å². The molecule has 0 radical (unpaired) electrons. The quantitative estimate of drug-likeness (QED) is 0.0613. The van der Waals surface area contributed by atoms with Gasteiger partial charge in [0, 0.05) is 54.3 Å². The van der Waals surface area contributed by atoms with E-state index in [9.17, 15) is 33.9 Å². The van der Waals surface area contributed by atoms with E-state index in [4.69, 9.17) is 21.1 Å². The second kappa shape index (κ2) is 20.2. The van der Waals surface area contributed by atoms with Crippen LogP contribution in [0.25, 0.3) is 22.3 Å². The molecule has 322 valence electrons. The third-order valence-corrected chi connectivity index (χ3v) is 11.1. The Labute approximate surface area is 362 Å². The number of rotatable bonds is 12. The van der Waals surface area contributed by atoms with Crippen LogP contribution in [0.4, 0.5) is 4.79 Å². The lowest BCUT2D eigenvalue weighted by Gasteiger charge is -2.32. The Hall–Kier alpha value is -5.81. The van der Waals surface area contributed by atoms with Gasteiger partial charge < -0.3 is 24.8 Å². The number of nitrogens with zero attached hydrogens (tertiary/aromatic N) is 1. The van der Waals surface area contributed by atoms with Gasteiger partial charge in [0.25, 0.3) is 0 Å². The average molecular weight is 851 g/mol. The van der Waals surface area contributed by atoms with Gasteiger partial charge in [0.05, 0.1) is 0 Å². The number of Topliss-reactive ketones (excluding diaryl/α,β-unsaturated/α-hetero) is 2. The minimum absolute atomic E-state index is 0.0541. The number of fused-ring (bicyclic) bond motifs is 5. The molecule has 5 rings (SSSR count). The van der Waals surface area contributed by atoms with Crippen molar-refractivity contribution in [3.63, 3.8) is 0 Å². The summed E-state index contributed by atoms with van der Waals surface area (Å²) in [5.41, 5.74) is 4.13. The minimum atomic E-state index is -1.30. The van der Waals surface area contributed by atoms with Crippen molar-refractivity contribution in [2.45, 2.75) is 104 Å². The molecule has 0 aliphatic carbocycles. The van der Waals surface area contributed by atoms with Crippen LogP contribution in [0.2, 0.25) is 5.02 Å². The van der Waals surface area contributed by atoms with Crippen LogP contribution < -0.4 is 10.1 Å². The monoisotopic (exact) mass is 850 g/mol. The maximum absolute atomic E-state index is 14.8. The van der Waals surface area contributed by atoms with Crippen LogP contribution in [0.3, 0.4) is 0 Å². The Morgan fingerprint density at radius 3 is 2.16 bits per heavy atom. The first kappa shape index (κ1) is 46.3. The number of ether oxygens (including phenoxy) is 2. The number of ketones is 2. The molecular weight excluding hydrogens is 796 g/mol. The maximum Gasteiger partial charge on any atom is 0.514 e. The third kappa shape index (κ3) is 12.2. The van der Waals surface area contributed by atoms with Gasteiger partial charge in [0.15, 0.2) is 11.6 Å². The molecule has 0 saturated carbocycles. The molecule has 0 fully saturated rings. The van der Waals surface area contributed by atoms with E-state index in [-0.39, 0.29) is 30.8 Å². The molecule has 61 heavy (non-hydrogen) atoms. The predicted molar refractivity (Wildman–Crippen MR) is 235 cm³/mol. The lowest BCUT2D eigenvalue weighted by molar-refractivity contribution is -0.144. The number of hydrogen-bond donors (Lipinski definition) is 2. The van der Waals surface area contributed by atoms with Crippen LogP contribution in [-0.4, -0.2) is 64.2 Å². The maximum atomic E-state index is 14.8. The van der Waals surface area contributed by atoms with Crippen molar-refractivity contribution in [3.8, 4) is 28.0 Å². The summed E-state index contributed by atoms with van der Waals surface area (Å²) >= 11 is 6.07. The molecule has 12 heteroatoms. The number of hydrogen-bond acceptors (Lipinski definition) is 8. The van der Waals surface area contributed by atoms with Crippen LogP contribution in [-0.2, 0) is 30.3 Å². The molecule has 4 bridgehead atoms. The second-order valence-electron chi connectivity index (χ2n) is 16.9. The Kier molecular flexibility index (Phi) is 15.3. The molecule has 2 N–H and O–H groups in total. The summed E-state index contributed by atoms with van der Waals surface area (Å²) in [5, 5.41) is 13.3. The van der Waals surface area contributed by atoms with E-state index in [1.165, 1.54) is 24.9 Å². The molecule has 0 saturated heterocycles. The molecule has 4 atom stereocenters. The number of carboxylic acid groups (broad SMARTS) is 1. The fourth-order valence-corrected chi connectivity index (χ4v) is 7.67. The van der Waals surface area contributed by atoms with Crippen molar-refractivity contribution in [1.82, 2.24) is 10.2 Å². The van der Waals surface area contributed by atoms with Crippen LogP contribution in [0.1, 0.15) is 106 Å². The van der Waals surface area contributed by atoms with Crippen molar-refractivity contribution < 1.29 is 43.3 Å². The lowest BCUT2D eigenvalue weighted by Crippen LogP contribution is -2.45. The van der Waals surface area contributed by atoms with Crippen molar-refractivity contribution >= 4 is 47.1 Å². The summed E-state index contributed by atoms with van der Waals surface area (Å²) in [4.78, 5) is 83.5. The number of carbonyl (C=O) groups excluding carboxylic acids is 5. The molecule has 0 unspecified atom stereocenters. The molecule has 0 aromatic heterocycles. The van der Waals surface area contributed by atoms with Gasteiger partial charge in [0.1, 0.15) is 23.4 Å². The molecular formula is C49H55ClN2O9. The van der Waals surface area contributed by atoms with E-state index in [0.717, 1.165) is 29.5 Å². The fraction of sp³-hybridized carbons (Fsp3) is 0.388. The predicted octanol–water partition coefficient (Wildman–Crippen LogP) is 9.99. The third-order valence-electron chi connectivity index (χ3n) is 10.9. The second-order valence-corrected chi connectivity index (χ2v) is 17.3. The Bertz CT molecular complexity index is 2260. The molecule has 4 aromatic rings. The fourth-order valence-electron chi connectivity index (χ4n) is 7.55. The highest BCUT2D eigenvalue weighted by atomic mass is 35.5. The highest BCUT2D eigenvalue weighted by Gasteiger charge is 2.36. The molecule has 1 aliphatic heterocycles. The van der Waals surface area contributed by atoms with E-state index in [1.807, 2.05) is 38.1 Å². The zero-order chi connectivity index (χ0) is 44.6. The van der Waals surface area contributed by atoms with Gasteiger partial charge in [-0.3, -0.25) is 19.2 Å². The van der Waals surface area contributed by atoms with Gasteiger partial charge in [-0.05, 0) is 91.8 Å². The summed E-state index contributed by atoms with van der Waals surface area (Å²) in [6.07, 6.45) is 1.39. The van der Waals surface area contributed by atoms with Crippen LogP contribution >= 0.6 is 11.6 Å². The average Bonchev–Trinajstić information content (AvgIpc) is 3.20. The highest BCUT2D eigenvalue weighted by molar-refractivity contribution is 6.30. The standard InChI is InChI=1S/C49H55ClN2O9/c1-8-9-10-11-36(28-41(53)34-16-14-32(15-17-34)33-18-21-37(50)22-19-33)46(56)52(7)44-35-20-23-43(60-48(59)61-49(4,5)6)39(27-35)38-25-31(13-12-29(38)2)26-40(47(57)58)51-45(55)30(3)24-42(44)54/h12-23,25,27,30,36,40,44H,8-11,24,26,28H2,1-7H3,(H,51,55)(H,57,58)/t30-,36-,40+,44+/m1/s1. The number of unbranched alkanes of at least 4 members (excludes halogenated alkanes) is 2. The first-order valence-corrected chi connectivity index (χ1v) is 21.1. The van der Waals surface area contributed by atoms with Gasteiger partial charge in [-0.1, -0.05) is 105 Å². The van der Waals surface area contributed by atoms with E-state index in [1.54, 1.807) is 75.4 Å². The van der Waals surface area contributed by atoms with Gasteiger partial charge in [-0.25, -0.2) is 9.59 Å². The van der Waals surface area contributed by atoms with Crippen molar-refractivity contribution in [2.75, 3.05) is 7.05 Å². The highest BCUT2D eigenvalue weighted by Crippen LogP contribution is 2.38. The minimum Gasteiger partial charge on any atom is -0.480 e. The van der Waals surface area contributed by atoms with Crippen LogP contribution in [0, 0.1) is 18.8 Å². The Morgan fingerprint density at radius 2 is 1.54 bits per heavy atom. The molecule has 2 amide bonds. The molecule has 0 spiro atoms. The molecule has 11 nitrogen and oxygen atoms in total. The van der Waals surface area contributed by atoms with Gasteiger partial charge in [-0.15, -0.1) is 0 Å². The van der Waals surface area contributed by atoms with E-state index in [2.05, 4.69) is 5.32 Å². The topological polar surface area (TPSA) is 156 Å². The summed E-state index contributed by atoms with van der Waals surface area (Å²) in [6, 6.07) is 22.2. The number of amides is 2. The van der Waals surface area contributed by atoms with Crippen LogP contribution in [0.5, 0.6) is 5.75 Å². The smallest absolute Gasteiger partial charge is 0.480 e. The number of halogens is 1. The molecule has 1 aliphatic rings. The number of benzene rings is 4. The zero-order valence-corrected chi connectivity index (χ0v) is 36.6. The normalized spacial score (nSPS) is 17.3.